The van der Waals surface area contributed by atoms with E-state index in [1.54, 1.807) is 0 Å². The molecule has 234 valence electrons. The van der Waals surface area contributed by atoms with Gasteiger partial charge in [0, 0.05) is 13.1 Å². The molecule has 1 rings (SSSR count). The van der Waals surface area contributed by atoms with Crippen molar-refractivity contribution in [2.75, 3.05) is 105 Å². The van der Waals surface area contributed by atoms with Crippen LogP contribution in [0.1, 0.15) is 96.3 Å². The lowest BCUT2D eigenvalue weighted by atomic mass is 10.2. The summed E-state index contributed by atoms with van der Waals surface area (Å²) in [6.45, 7) is 17.9. The molecule has 0 bridgehead atoms. The zero-order chi connectivity index (χ0) is 28.2. The molecule has 1 heterocycles. The minimum absolute atomic E-state index is 0.819. The Kier molecular flexibility index (Phi) is 26.2. The summed E-state index contributed by atoms with van der Waals surface area (Å²) >= 11 is 0. The molecular weight excluding hydrogens is 484 g/mol. The van der Waals surface area contributed by atoms with E-state index in [0.717, 1.165) is 51.9 Å². The van der Waals surface area contributed by atoms with E-state index in [2.05, 4.69) is 19.6 Å². The second-order valence-electron chi connectivity index (χ2n) is 11.8. The van der Waals surface area contributed by atoms with Crippen molar-refractivity contribution in [1.82, 2.24) is 19.6 Å². The summed E-state index contributed by atoms with van der Waals surface area (Å²) in [7, 11) is 0. The molecular formula is C31H70N8. The first-order valence-corrected chi connectivity index (χ1v) is 16.9. The second kappa shape index (κ2) is 27.8. The van der Waals surface area contributed by atoms with Gasteiger partial charge in [-0.2, -0.15) is 0 Å². The van der Waals surface area contributed by atoms with Gasteiger partial charge in [0.15, 0.2) is 0 Å². The van der Waals surface area contributed by atoms with Crippen LogP contribution in [0.4, 0.5) is 0 Å². The molecule has 1 aliphatic heterocycles. The van der Waals surface area contributed by atoms with Gasteiger partial charge in [-0.25, -0.2) is 0 Å². The molecule has 1 fully saturated rings. The molecule has 0 amide bonds. The fraction of sp³-hybridized carbons (Fsp3) is 1.00. The minimum Gasteiger partial charge on any atom is -0.330 e. The van der Waals surface area contributed by atoms with Crippen molar-refractivity contribution in [2.24, 2.45) is 22.9 Å². The van der Waals surface area contributed by atoms with E-state index in [9.17, 15) is 0 Å². The van der Waals surface area contributed by atoms with E-state index >= 15 is 0 Å². The second-order valence-corrected chi connectivity index (χ2v) is 11.8. The zero-order valence-electron chi connectivity index (χ0n) is 26.0. The highest BCUT2D eigenvalue weighted by Gasteiger charge is 2.14. The largest absolute Gasteiger partial charge is 0.330 e. The van der Waals surface area contributed by atoms with E-state index in [-0.39, 0.29) is 0 Å². The van der Waals surface area contributed by atoms with Gasteiger partial charge in [0.05, 0.1) is 0 Å². The van der Waals surface area contributed by atoms with Gasteiger partial charge in [-0.1, -0.05) is 25.7 Å². The number of unbranched alkanes of at least 4 members (excludes halogenated alkanes) is 8. The third-order valence-electron chi connectivity index (χ3n) is 8.29. The SMILES string of the molecule is NCCCCCN1CCCN(CCCCCN)CCCN(CCCCCN)CCN(CCCCCN)CCC1. The Labute approximate surface area is 243 Å². The quantitative estimate of drug-likeness (QED) is 0.170. The van der Waals surface area contributed by atoms with Crippen LogP contribution in [0.15, 0.2) is 0 Å². The molecule has 1 aliphatic rings. The van der Waals surface area contributed by atoms with Gasteiger partial charge in [-0.3, -0.25) is 0 Å². The summed E-state index contributed by atoms with van der Waals surface area (Å²) in [5.41, 5.74) is 23.0. The lowest BCUT2D eigenvalue weighted by Gasteiger charge is -2.29. The molecule has 8 heteroatoms. The zero-order valence-corrected chi connectivity index (χ0v) is 26.0. The molecule has 0 unspecified atom stereocenters. The molecule has 0 atom stereocenters. The van der Waals surface area contributed by atoms with E-state index in [4.69, 9.17) is 22.9 Å². The lowest BCUT2D eigenvalue weighted by Crippen LogP contribution is -2.38. The Bertz CT molecular complexity index is 453. The van der Waals surface area contributed by atoms with Gasteiger partial charge in [0.1, 0.15) is 0 Å². The van der Waals surface area contributed by atoms with Gasteiger partial charge in [0.2, 0.25) is 0 Å². The lowest BCUT2D eigenvalue weighted by molar-refractivity contribution is 0.183. The smallest absolute Gasteiger partial charge is 0.0109 e. The predicted octanol–water partition coefficient (Wildman–Crippen LogP) is 2.89. The summed E-state index contributed by atoms with van der Waals surface area (Å²) in [5.74, 6) is 0. The fourth-order valence-electron chi connectivity index (χ4n) is 5.80. The van der Waals surface area contributed by atoms with Gasteiger partial charge in [-0.05, 0) is 162 Å². The average molecular weight is 555 g/mol. The first kappa shape index (κ1) is 36.7. The maximum atomic E-state index is 5.77. The third-order valence-corrected chi connectivity index (χ3v) is 8.29. The van der Waals surface area contributed by atoms with Crippen LogP contribution in [0.5, 0.6) is 0 Å². The Hall–Kier alpha value is -0.320. The first-order chi connectivity index (χ1) is 19.2. The predicted molar refractivity (Wildman–Crippen MR) is 171 cm³/mol. The summed E-state index contributed by atoms with van der Waals surface area (Å²) in [6.07, 6.45) is 18.6. The molecule has 0 radical (unpaired) electrons. The Morgan fingerprint density at radius 1 is 0.282 bits per heavy atom. The third kappa shape index (κ3) is 22.0. The van der Waals surface area contributed by atoms with Crippen molar-refractivity contribution >= 4 is 0 Å². The van der Waals surface area contributed by atoms with Crippen LogP contribution in [-0.2, 0) is 0 Å². The van der Waals surface area contributed by atoms with E-state index in [1.807, 2.05) is 0 Å². The van der Waals surface area contributed by atoms with Gasteiger partial charge < -0.3 is 42.5 Å². The number of rotatable bonds is 20. The van der Waals surface area contributed by atoms with Crippen LogP contribution in [-0.4, -0.2) is 124 Å². The monoisotopic (exact) mass is 555 g/mol. The van der Waals surface area contributed by atoms with Gasteiger partial charge in [-0.15, -0.1) is 0 Å². The summed E-state index contributed by atoms with van der Waals surface area (Å²) in [4.78, 5) is 11.0. The normalized spacial score (nSPS) is 18.8. The molecule has 8 N–H and O–H groups in total. The maximum Gasteiger partial charge on any atom is 0.0109 e. The molecule has 39 heavy (non-hydrogen) atoms. The van der Waals surface area contributed by atoms with Crippen molar-refractivity contribution in [1.29, 1.82) is 0 Å². The highest BCUT2D eigenvalue weighted by Crippen LogP contribution is 2.09. The van der Waals surface area contributed by atoms with Crippen molar-refractivity contribution in [3.05, 3.63) is 0 Å². The van der Waals surface area contributed by atoms with Crippen LogP contribution < -0.4 is 22.9 Å². The van der Waals surface area contributed by atoms with Crippen molar-refractivity contribution in [3.8, 4) is 0 Å². The van der Waals surface area contributed by atoms with Crippen molar-refractivity contribution in [2.45, 2.75) is 96.3 Å². The summed E-state index contributed by atoms with van der Waals surface area (Å²) in [5, 5.41) is 0. The number of nitrogens with zero attached hydrogens (tertiary/aromatic N) is 4. The number of hydrogen-bond acceptors (Lipinski definition) is 8. The summed E-state index contributed by atoms with van der Waals surface area (Å²) in [6, 6.07) is 0. The fourth-order valence-corrected chi connectivity index (χ4v) is 5.80. The van der Waals surface area contributed by atoms with Crippen LogP contribution >= 0.6 is 0 Å². The standard InChI is InChI=1S/C31H70N8/c32-16-5-1-9-20-36-24-13-25-37(21-10-2-6-17-33)27-15-29-39(23-12-4-8-19-35)31-30-38(28-14-26-36)22-11-3-7-18-34/h1-35H2. The van der Waals surface area contributed by atoms with E-state index in [0.29, 0.717) is 0 Å². The van der Waals surface area contributed by atoms with Gasteiger partial charge >= 0.3 is 0 Å². The highest BCUT2D eigenvalue weighted by molar-refractivity contribution is 4.70. The topological polar surface area (TPSA) is 117 Å². The number of nitrogens with two attached hydrogens (primary N) is 4. The molecule has 0 saturated carbocycles. The Morgan fingerprint density at radius 2 is 0.513 bits per heavy atom. The van der Waals surface area contributed by atoms with E-state index in [1.165, 1.54) is 149 Å². The van der Waals surface area contributed by atoms with Crippen LogP contribution in [0, 0.1) is 0 Å². The van der Waals surface area contributed by atoms with E-state index < -0.39 is 0 Å². The van der Waals surface area contributed by atoms with Crippen molar-refractivity contribution < 1.29 is 0 Å². The molecule has 0 aromatic heterocycles. The Balaban J connectivity index is 2.80. The Morgan fingerprint density at radius 3 is 0.744 bits per heavy atom. The van der Waals surface area contributed by atoms with Crippen molar-refractivity contribution in [3.63, 3.8) is 0 Å². The van der Waals surface area contributed by atoms with Gasteiger partial charge in [0.25, 0.3) is 0 Å². The molecule has 0 spiro atoms. The molecule has 0 aliphatic carbocycles. The first-order valence-electron chi connectivity index (χ1n) is 16.9. The van der Waals surface area contributed by atoms with Crippen LogP contribution in [0.2, 0.25) is 0 Å². The maximum absolute atomic E-state index is 5.77. The molecule has 0 aromatic carbocycles. The number of hydrogen-bond donors (Lipinski definition) is 4. The summed E-state index contributed by atoms with van der Waals surface area (Å²) < 4.78 is 0. The molecule has 0 aromatic rings. The minimum atomic E-state index is 0.819. The molecule has 1 saturated heterocycles. The highest BCUT2D eigenvalue weighted by atomic mass is 15.2. The van der Waals surface area contributed by atoms with Crippen LogP contribution in [0.3, 0.4) is 0 Å². The average Bonchev–Trinajstić information content (AvgIpc) is 2.95. The van der Waals surface area contributed by atoms with Crippen LogP contribution in [0.25, 0.3) is 0 Å². The molecule has 8 nitrogen and oxygen atoms in total.